The standard InChI is InChI=1S/C19H23N7O10S/c20-11(18(31)32)2-4-15(27)24-12(17(30)22-8-16(28)29)9-37-14-3-1-10(7-13(14)26(34)35)19(33)36-6-5-23-25-21/h1,3,7,11-12H,2,4-6,8-9,20H2,(H,22,30)(H,24,27)(H,28,29)(H,31,32)/t11-,12-/m0/s1. The van der Waals surface area contributed by atoms with E-state index in [0.29, 0.717) is 0 Å². The van der Waals surface area contributed by atoms with Crippen LogP contribution in [-0.2, 0) is 23.9 Å². The van der Waals surface area contributed by atoms with Gasteiger partial charge in [-0.1, -0.05) is 5.11 Å². The number of carbonyl (C=O) groups excluding carboxylic acids is 3. The Morgan fingerprint density at radius 3 is 2.57 bits per heavy atom. The van der Waals surface area contributed by atoms with Crippen LogP contribution in [0.25, 0.3) is 10.4 Å². The normalized spacial score (nSPS) is 11.8. The highest BCUT2D eigenvalue weighted by Crippen LogP contribution is 2.31. The quantitative estimate of drug-likeness (QED) is 0.0271. The highest BCUT2D eigenvalue weighted by Gasteiger charge is 2.25. The van der Waals surface area contributed by atoms with Gasteiger partial charge in [0, 0.05) is 23.2 Å². The number of azide groups is 1. The molecule has 1 rings (SSSR count). The van der Waals surface area contributed by atoms with E-state index in [2.05, 4.69) is 20.7 Å². The molecule has 2 amide bonds. The maximum atomic E-state index is 12.4. The second kappa shape index (κ2) is 15.6. The predicted molar refractivity (Wildman–Crippen MR) is 126 cm³/mol. The monoisotopic (exact) mass is 541 g/mol. The molecule has 0 aromatic heterocycles. The van der Waals surface area contributed by atoms with Crippen molar-refractivity contribution in [1.29, 1.82) is 0 Å². The van der Waals surface area contributed by atoms with Crippen LogP contribution < -0.4 is 16.4 Å². The summed E-state index contributed by atoms with van der Waals surface area (Å²) in [6.45, 7) is -1.12. The van der Waals surface area contributed by atoms with Gasteiger partial charge in [0.25, 0.3) is 5.69 Å². The second-order valence-corrected chi connectivity index (χ2v) is 8.12. The van der Waals surface area contributed by atoms with Crippen molar-refractivity contribution in [3.8, 4) is 0 Å². The zero-order valence-corrected chi connectivity index (χ0v) is 19.9. The number of carboxylic acids is 2. The van der Waals surface area contributed by atoms with Gasteiger partial charge >= 0.3 is 17.9 Å². The van der Waals surface area contributed by atoms with Crippen molar-refractivity contribution in [2.45, 2.75) is 29.8 Å². The molecule has 200 valence electrons. The molecule has 1 aromatic rings. The minimum absolute atomic E-state index is 0.0220. The van der Waals surface area contributed by atoms with Crippen molar-refractivity contribution in [3.63, 3.8) is 0 Å². The number of ether oxygens (including phenoxy) is 1. The first-order valence-electron chi connectivity index (χ1n) is 10.3. The molecule has 37 heavy (non-hydrogen) atoms. The Hall–Kier alpha value is -4.41. The number of rotatable bonds is 16. The van der Waals surface area contributed by atoms with E-state index < -0.39 is 59.0 Å². The number of nitro groups is 1. The molecule has 2 atom stereocenters. The first kappa shape index (κ1) is 30.6. The molecule has 0 saturated carbocycles. The number of amides is 2. The van der Waals surface area contributed by atoms with Crippen LogP contribution in [0.5, 0.6) is 0 Å². The van der Waals surface area contributed by atoms with E-state index in [1.807, 2.05) is 0 Å². The number of benzene rings is 1. The Morgan fingerprint density at radius 2 is 1.97 bits per heavy atom. The Balaban J connectivity index is 2.99. The minimum atomic E-state index is -1.35. The van der Waals surface area contributed by atoms with Crippen molar-refractivity contribution in [2.75, 3.05) is 25.4 Å². The lowest BCUT2D eigenvalue weighted by Gasteiger charge is -2.18. The molecule has 17 nitrogen and oxygen atoms in total. The summed E-state index contributed by atoms with van der Waals surface area (Å²) in [7, 11) is 0. The third-order valence-electron chi connectivity index (χ3n) is 4.35. The van der Waals surface area contributed by atoms with E-state index in [0.717, 1.165) is 17.8 Å². The summed E-state index contributed by atoms with van der Waals surface area (Å²) in [5, 5.41) is 36.7. The maximum Gasteiger partial charge on any atom is 0.338 e. The largest absolute Gasteiger partial charge is 0.480 e. The Bertz CT molecular complexity index is 1090. The molecule has 0 saturated heterocycles. The van der Waals surface area contributed by atoms with Gasteiger partial charge in [0.15, 0.2) is 0 Å². The molecule has 0 bridgehead atoms. The molecule has 0 fully saturated rings. The highest BCUT2D eigenvalue weighted by molar-refractivity contribution is 7.99. The van der Waals surface area contributed by atoms with Gasteiger partial charge in [-0.05, 0) is 24.1 Å². The van der Waals surface area contributed by atoms with Crippen LogP contribution in [0.3, 0.4) is 0 Å². The number of hydrogen-bond donors (Lipinski definition) is 5. The smallest absolute Gasteiger partial charge is 0.338 e. The number of nitrogens with one attached hydrogen (secondary N) is 2. The lowest BCUT2D eigenvalue weighted by Crippen LogP contribution is -2.49. The van der Waals surface area contributed by atoms with E-state index in [9.17, 15) is 34.1 Å². The Morgan fingerprint density at radius 1 is 1.27 bits per heavy atom. The van der Waals surface area contributed by atoms with Crippen molar-refractivity contribution < 1.29 is 43.8 Å². The van der Waals surface area contributed by atoms with Gasteiger partial charge < -0.3 is 31.3 Å². The molecule has 0 radical (unpaired) electrons. The average molecular weight is 541 g/mol. The number of thioether (sulfide) groups is 1. The summed E-state index contributed by atoms with van der Waals surface area (Å²) in [6, 6.07) is 0.751. The summed E-state index contributed by atoms with van der Waals surface area (Å²) in [5.41, 5.74) is 12.9. The first-order chi connectivity index (χ1) is 17.5. The summed E-state index contributed by atoms with van der Waals surface area (Å²) in [4.78, 5) is 71.5. The van der Waals surface area contributed by atoms with Gasteiger partial charge in [-0.15, -0.1) is 11.8 Å². The van der Waals surface area contributed by atoms with Crippen molar-refractivity contribution >= 4 is 47.2 Å². The fourth-order valence-electron chi connectivity index (χ4n) is 2.53. The molecule has 0 spiro atoms. The topological polar surface area (TPSA) is 277 Å². The number of nitrogens with zero attached hydrogens (tertiary/aromatic N) is 4. The zero-order chi connectivity index (χ0) is 28.0. The maximum absolute atomic E-state index is 12.4. The van der Waals surface area contributed by atoms with Gasteiger partial charge in [-0.3, -0.25) is 29.3 Å². The Kier molecular flexibility index (Phi) is 12.9. The van der Waals surface area contributed by atoms with Gasteiger partial charge in [0.1, 0.15) is 18.6 Å². The predicted octanol–water partition coefficient (Wildman–Crippen LogP) is 0.0317. The van der Waals surface area contributed by atoms with Crippen LogP contribution in [0.1, 0.15) is 23.2 Å². The molecule has 1 aromatic carbocycles. The second-order valence-electron chi connectivity index (χ2n) is 7.06. The van der Waals surface area contributed by atoms with Crippen LogP contribution in [-0.4, -0.2) is 82.4 Å². The SMILES string of the molecule is [N-]=[N+]=NCCOC(=O)c1ccc(SC[C@H](NC(=O)CC[C@H](N)C(=O)O)C(=O)NCC(=O)O)c([N+](=O)[O-])c1. The van der Waals surface area contributed by atoms with Crippen LogP contribution in [0.2, 0.25) is 0 Å². The number of carboxylic acid groups (broad SMARTS) is 2. The third kappa shape index (κ3) is 11.2. The van der Waals surface area contributed by atoms with Gasteiger partial charge in [-0.25, -0.2) is 4.79 Å². The molecule has 18 heteroatoms. The number of hydrogen-bond acceptors (Lipinski definition) is 11. The molecule has 0 heterocycles. The highest BCUT2D eigenvalue weighted by atomic mass is 32.2. The van der Waals surface area contributed by atoms with Gasteiger partial charge in [0.2, 0.25) is 11.8 Å². The van der Waals surface area contributed by atoms with E-state index >= 15 is 0 Å². The molecular formula is C19H23N7O10S. The fraction of sp³-hybridized carbons (Fsp3) is 0.421. The third-order valence-corrected chi connectivity index (χ3v) is 5.51. The Labute approximate surface area is 212 Å². The molecular weight excluding hydrogens is 518 g/mol. The van der Waals surface area contributed by atoms with Gasteiger partial charge in [-0.2, -0.15) is 0 Å². The number of nitrogens with two attached hydrogens (primary N) is 1. The van der Waals surface area contributed by atoms with Gasteiger partial charge in [0.05, 0.1) is 28.5 Å². The summed E-state index contributed by atoms with van der Waals surface area (Å²) < 4.78 is 4.85. The average Bonchev–Trinajstić information content (AvgIpc) is 2.85. The summed E-state index contributed by atoms with van der Waals surface area (Å²) in [5.74, 6) is -5.50. The summed E-state index contributed by atoms with van der Waals surface area (Å²) >= 11 is 0.771. The minimum Gasteiger partial charge on any atom is -0.480 e. The lowest BCUT2D eigenvalue weighted by molar-refractivity contribution is -0.387. The van der Waals surface area contributed by atoms with E-state index in [-0.39, 0.29) is 42.2 Å². The van der Waals surface area contributed by atoms with Crippen LogP contribution in [0.15, 0.2) is 28.2 Å². The molecule has 6 N–H and O–H groups in total. The van der Waals surface area contributed by atoms with E-state index in [1.165, 1.54) is 12.1 Å². The summed E-state index contributed by atoms with van der Waals surface area (Å²) in [6.07, 6.45) is -0.582. The lowest BCUT2D eigenvalue weighted by atomic mass is 10.1. The zero-order valence-electron chi connectivity index (χ0n) is 19.1. The van der Waals surface area contributed by atoms with Crippen LogP contribution in [0, 0.1) is 10.1 Å². The molecule has 0 aliphatic heterocycles. The number of nitro benzene ring substituents is 1. The van der Waals surface area contributed by atoms with Crippen molar-refractivity contribution in [2.24, 2.45) is 10.8 Å². The number of carbonyl (C=O) groups is 5. The van der Waals surface area contributed by atoms with Crippen molar-refractivity contribution in [3.05, 3.63) is 44.3 Å². The van der Waals surface area contributed by atoms with Crippen molar-refractivity contribution in [1.82, 2.24) is 10.6 Å². The molecule has 0 aliphatic carbocycles. The van der Waals surface area contributed by atoms with Crippen LogP contribution in [0.4, 0.5) is 5.69 Å². The molecule has 0 unspecified atom stereocenters. The fourth-order valence-corrected chi connectivity index (χ4v) is 3.56. The number of aliphatic carboxylic acids is 2. The van der Waals surface area contributed by atoms with Crippen LogP contribution >= 0.6 is 11.8 Å². The molecule has 0 aliphatic rings. The first-order valence-corrected chi connectivity index (χ1v) is 11.3. The van der Waals surface area contributed by atoms with E-state index in [4.69, 9.17) is 26.2 Å². The number of esters is 1. The van der Waals surface area contributed by atoms with E-state index in [1.54, 1.807) is 0 Å².